The smallest absolute Gasteiger partial charge is 0.235 e. The third-order valence-electron chi connectivity index (χ3n) is 6.41. The number of benzene rings is 3. The third kappa shape index (κ3) is 4.51. The van der Waals surface area contributed by atoms with Gasteiger partial charge in [-0.1, -0.05) is 36.4 Å². The van der Waals surface area contributed by atoms with Crippen LogP contribution in [0.2, 0.25) is 0 Å². The lowest BCUT2D eigenvalue weighted by molar-refractivity contribution is -0.118. The normalized spacial score (nSPS) is 15.7. The average Bonchev–Trinajstić information content (AvgIpc) is 3.50. The number of hydrogen-bond donors (Lipinski definition) is 2. The third-order valence-corrected chi connectivity index (χ3v) is 7.08. The fraction of sp³-hybridized carbons (Fsp3) is 0.269. The van der Waals surface area contributed by atoms with Crippen LogP contribution in [0.25, 0.3) is 11.1 Å². The fourth-order valence-corrected chi connectivity index (χ4v) is 4.67. The Hall–Kier alpha value is -3.36. The van der Waals surface area contributed by atoms with Crippen LogP contribution in [-0.2, 0) is 26.8 Å². The van der Waals surface area contributed by atoms with E-state index >= 15 is 0 Å². The number of ether oxygens (including phenoxy) is 2. The minimum absolute atomic E-state index is 0. The lowest BCUT2D eigenvalue weighted by Crippen LogP contribution is -2.27. The lowest BCUT2D eigenvalue weighted by Gasteiger charge is -2.17. The molecule has 0 aromatic heterocycles. The number of nitrogens with one attached hydrogen (secondary N) is 2. The van der Waals surface area contributed by atoms with Crippen LogP contribution >= 0.6 is 0 Å². The number of carbonyl (C=O) groups excluding carboxylic acids is 1. The molecular weight excluding hydrogens is 452 g/mol. The quantitative estimate of drug-likeness (QED) is 0.524. The first kappa shape index (κ1) is 22.4. The van der Waals surface area contributed by atoms with E-state index in [1.165, 1.54) is 0 Å². The van der Waals surface area contributed by atoms with Crippen LogP contribution in [-0.4, -0.2) is 27.4 Å². The van der Waals surface area contributed by atoms with E-state index in [1.54, 1.807) is 0 Å². The van der Waals surface area contributed by atoms with E-state index in [2.05, 4.69) is 10.0 Å². The van der Waals surface area contributed by atoms with E-state index in [1.807, 2.05) is 67.6 Å². The Bertz CT molecular complexity index is 1370. The van der Waals surface area contributed by atoms with E-state index in [0.717, 1.165) is 52.6 Å². The number of hydrogen-bond acceptors (Lipinski definition) is 5. The molecule has 0 bridgehead atoms. The molecule has 2 aliphatic rings. The van der Waals surface area contributed by atoms with Crippen LogP contribution in [0, 0.1) is 6.92 Å². The Morgan fingerprint density at radius 3 is 2.44 bits per heavy atom. The number of anilines is 1. The number of carbonyl (C=O) groups is 1. The average molecular weight is 481 g/mol. The molecule has 0 spiro atoms. The van der Waals surface area contributed by atoms with Crippen molar-refractivity contribution in [2.45, 2.75) is 31.7 Å². The monoisotopic (exact) mass is 480 g/mol. The van der Waals surface area contributed by atoms with Gasteiger partial charge in [-0.25, -0.2) is 13.1 Å². The number of aryl methyl sites for hydroxylation is 1. The molecule has 3 aromatic rings. The lowest BCUT2D eigenvalue weighted by atomic mass is 9.94. The molecule has 0 radical (unpaired) electrons. The molecular formula is C26H28N2O5S. The summed E-state index contributed by atoms with van der Waals surface area (Å²) in [5.74, 6) is 1.37. The van der Waals surface area contributed by atoms with Crippen molar-refractivity contribution in [1.29, 1.82) is 0 Å². The van der Waals surface area contributed by atoms with Gasteiger partial charge < -0.3 is 14.8 Å². The Morgan fingerprint density at radius 1 is 1.00 bits per heavy atom. The number of rotatable bonds is 7. The highest BCUT2D eigenvalue weighted by Gasteiger charge is 2.51. The van der Waals surface area contributed by atoms with Crippen molar-refractivity contribution in [3.8, 4) is 22.6 Å². The highest BCUT2D eigenvalue weighted by atomic mass is 32.2. The molecule has 3 aromatic carbocycles. The highest BCUT2D eigenvalue weighted by Crippen LogP contribution is 2.51. The summed E-state index contributed by atoms with van der Waals surface area (Å²) in [6, 6.07) is 19.3. The molecule has 1 heterocycles. The van der Waals surface area contributed by atoms with E-state index in [-0.39, 0.29) is 20.7 Å². The summed E-state index contributed by atoms with van der Waals surface area (Å²) in [5.41, 5.74) is 5.09. The molecule has 1 fully saturated rings. The molecule has 0 atom stereocenters. The fourth-order valence-electron chi connectivity index (χ4n) is 4.24. The zero-order valence-electron chi connectivity index (χ0n) is 19.1. The molecule has 1 amide bonds. The molecule has 7 nitrogen and oxygen atoms in total. The minimum Gasteiger partial charge on any atom is -0.454 e. The van der Waals surface area contributed by atoms with E-state index in [4.69, 9.17) is 9.47 Å². The van der Waals surface area contributed by atoms with Gasteiger partial charge in [-0.05, 0) is 71.8 Å². The van der Waals surface area contributed by atoms with Crippen molar-refractivity contribution in [2.75, 3.05) is 18.4 Å². The van der Waals surface area contributed by atoms with Gasteiger partial charge in [0.25, 0.3) is 0 Å². The van der Waals surface area contributed by atoms with Crippen molar-refractivity contribution in [1.82, 2.24) is 4.72 Å². The van der Waals surface area contributed by atoms with Gasteiger partial charge in [0.2, 0.25) is 22.7 Å². The molecule has 178 valence electrons. The van der Waals surface area contributed by atoms with Gasteiger partial charge in [0.05, 0.1) is 11.7 Å². The molecule has 1 aliphatic carbocycles. The van der Waals surface area contributed by atoms with Gasteiger partial charge in [0.15, 0.2) is 11.5 Å². The van der Waals surface area contributed by atoms with Crippen LogP contribution in [0.15, 0.2) is 60.7 Å². The maximum Gasteiger partial charge on any atom is 0.235 e. The molecule has 0 saturated heterocycles. The standard InChI is InChI=1S/C26H26N2O5S.H2/c1-17-3-9-21(14-22(17)19-6-4-18(5-7-19)15-27-34(2,30)31)28-25(29)26(11-12-26)20-8-10-23-24(13-20)33-16-32-23;/h3-10,13-14,27H,11-12,15-16H2,1-2H3,(H,28,29);1H. The first-order valence-corrected chi connectivity index (χ1v) is 13.0. The second kappa shape index (κ2) is 8.45. The first-order chi connectivity index (χ1) is 16.2. The van der Waals surface area contributed by atoms with E-state index in [9.17, 15) is 13.2 Å². The van der Waals surface area contributed by atoms with Crippen LogP contribution in [0.4, 0.5) is 5.69 Å². The Kier molecular flexibility index (Phi) is 5.58. The Morgan fingerprint density at radius 2 is 1.74 bits per heavy atom. The largest absolute Gasteiger partial charge is 0.454 e. The summed E-state index contributed by atoms with van der Waals surface area (Å²) in [5, 5.41) is 3.11. The Balaban J connectivity index is 0.00000289. The summed E-state index contributed by atoms with van der Waals surface area (Å²) >= 11 is 0. The van der Waals surface area contributed by atoms with Crippen LogP contribution in [0.3, 0.4) is 0 Å². The summed E-state index contributed by atoms with van der Waals surface area (Å²) in [4.78, 5) is 13.3. The Labute approximate surface area is 200 Å². The van der Waals surface area contributed by atoms with Crippen molar-refractivity contribution >= 4 is 21.6 Å². The second-order valence-electron chi connectivity index (χ2n) is 8.92. The van der Waals surface area contributed by atoms with Gasteiger partial charge in [0, 0.05) is 13.7 Å². The van der Waals surface area contributed by atoms with Crippen molar-refractivity contribution in [2.24, 2.45) is 0 Å². The van der Waals surface area contributed by atoms with E-state index < -0.39 is 15.4 Å². The van der Waals surface area contributed by atoms with Gasteiger partial charge in [-0.15, -0.1) is 0 Å². The van der Waals surface area contributed by atoms with Crippen LogP contribution < -0.4 is 19.5 Å². The predicted molar refractivity (Wildman–Crippen MR) is 133 cm³/mol. The van der Waals surface area contributed by atoms with Gasteiger partial charge in [-0.3, -0.25) is 4.79 Å². The van der Waals surface area contributed by atoms with E-state index in [0.29, 0.717) is 11.5 Å². The first-order valence-electron chi connectivity index (χ1n) is 11.1. The number of fused-ring (bicyclic) bond motifs is 1. The zero-order valence-corrected chi connectivity index (χ0v) is 19.9. The minimum atomic E-state index is -3.24. The SMILES string of the molecule is Cc1ccc(NC(=O)C2(c3ccc4c(c3)OCO4)CC2)cc1-c1ccc(CNS(C)(=O)=O)cc1.[HH]. The molecule has 1 aliphatic heterocycles. The molecule has 1 saturated carbocycles. The van der Waals surface area contributed by atoms with Gasteiger partial charge >= 0.3 is 0 Å². The summed E-state index contributed by atoms with van der Waals surface area (Å²) in [6.07, 6.45) is 2.73. The predicted octanol–water partition coefficient (Wildman–Crippen LogP) is 4.36. The number of amides is 1. The molecule has 0 unspecified atom stereocenters. The summed E-state index contributed by atoms with van der Waals surface area (Å²) in [6.45, 7) is 2.48. The van der Waals surface area contributed by atoms with Crippen LogP contribution in [0.1, 0.15) is 31.0 Å². The molecule has 5 rings (SSSR count). The van der Waals surface area contributed by atoms with Gasteiger partial charge in [-0.2, -0.15) is 0 Å². The number of sulfonamides is 1. The summed E-state index contributed by atoms with van der Waals surface area (Å²) in [7, 11) is -3.24. The molecule has 34 heavy (non-hydrogen) atoms. The zero-order chi connectivity index (χ0) is 23.9. The van der Waals surface area contributed by atoms with Crippen molar-refractivity contribution < 1.29 is 24.1 Å². The van der Waals surface area contributed by atoms with Crippen molar-refractivity contribution in [3.63, 3.8) is 0 Å². The second-order valence-corrected chi connectivity index (χ2v) is 10.8. The highest BCUT2D eigenvalue weighted by molar-refractivity contribution is 7.88. The maximum atomic E-state index is 13.3. The van der Waals surface area contributed by atoms with Crippen LogP contribution in [0.5, 0.6) is 11.5 Å². The van der Waals surface area contributed by atoms with Crippen molar-refractivity contribution in [3.05, 3.63) is 77.4 Å². The topological polar surface area (TPSA) is 93.7 Å². The molecule has 2 N–H and O–H groups in total. The van der Waals surface area contributed by atoms with Gasteiger partial charge in [0.1, 0.15) is 0 Å². The summed E-state index contributed by atoms with van der Waals surface area (Å²) < 4.78 is 36.0. The maximum absolute atomic E-state index is 13.3. The molecule has 8 heteroatoms.